The lowest BCUT2D eigenvalue weighted by molar-refractivity contribution is -0.132. The summed E-state index contributed by atoms with van der Waals surface area (Å²) in [5, 5.41) is 9.79. The highest BCUT2D eigenvalue weighted by Crippen LogP contribution is 2.20. The van der Waals surface area contributed by atoms with Crippen molar-refractivity contribution >= 4 is 17.7 Å². The van der Waals surface area contributed by atoms with Crippen LogP contribution < -0.4 is 4.90 Å². The molecule has 1 N–H and O–H groups in total. The van der Waals surface area contributed by atoms with Crippen LogP contribution in [0.25, 0.3) is 0 Å². The van der Waals surface area contributed by atoms with Crippen molar-refractivity contribution in [3.63, 3.8) is 0 Å². The van der Waals surface area contributed by atoms with E-state index in [0.29, 0.717) is 19.8 Å². The minimum absolute atomic E-state index is 0.0760. The number of cyclic esters (lactones) is 1. The Balaban J connectivity index is 1.61. The highest BCUT2D eigenvalue weighted by molar-refractivity contribution is 5.89. The summed E-state index contributed by atoms with van der Waals surface area (Å²) in [7, 11) is 1.68. The highest BCUT2D eigenvalue weighted by Gasteiger charge is 2.32. The lowest BCUT2D eigenvalue weighted by atomic mass is 10.1. The van der Waals surface area contributed by atoms with Gasteiger partial charge in [-0.25, -0.2) is 4.79 Å². The Kier molecular flexibility index (Phi) is 4.49. The summed E-state index contributed by atoms with van der Waals surface area (Å²) in [6.07, 6.45) is -0.735. The summed E-state index contributed by atoms with van der Waals surface area (Å²) >= 11 is 0. The molecule has 2 atom stereocenters. The van der Waals surface area contributed by atoms with E-state index in [-0.39, 0.29) is 31.1 Å². The molecule has 7 heteroatoms. The van der Waals surface area contributed by atoms with Gasteiger partial charge in [0.25, 0.3) is 0 Å². The molecule has 2 saturated heterocycles. The van der Waals surface area contributed by atoms with Crippen molar-refractivity contribution in [2.75, 3.05) is 38.3 Å². The van der Waals surface area contributed by atoms with Crippen LogP contribution in [0.3, 0.4) is 0 Å². The number of amides is 2. The number of anilines is 1. The van der Waals surface area contributed by atoms with E-state index in [9.17, 15) is 14.7 Å². The van der Waals surface area contributed by atoms with E-state index in [0.717, 1.165) is 11.3 Å². The summed E-state index contributed by atoms with van der Waals surface area (Å²) in [5.74, 6) is -0.0760. The predicted molar refractivity (Wildman–Crippen MR) is 82.2 cm³/mol. The van der Waals surface area contributed by atoms with Gasteiger partial charge in [0.15, 0.2) is 0 Å². The van der Waals surface area contributed by atoms with Crippen LogP contribution in [-0.2, 0) is 20.7 Å². The summed E-state index contributed by atoms with van der Waals surface area (Å²) in [5.41, 5.74) is 1.61. The monoisotopic (exact) mass is 320 g/mol. The average Bonchev–Trinajstić information content (AvgIpc) is 3.16. The third-order valence-corrected chi connectivity index (χ3v) is 4.28. The van der Waals surface area contributed by atoms with Gasteiger partial charge in [-0.15, -0.1) is 0 Å². The lowest BCUT2D eigenvalue weighted by Gasteiger charge is -2.25. The third-order valence-electron chi connectivity index (χ3n) is 4.28. The van der Waals surface area contributed by atoms with E-state index in [1.54, 1.807) is 16.8 Å². The molecule has 0 aliphatic carbocycles. The molecule has 1 aromatic carbocycles. The number of carbonyl (C=O) groups excluding carboxylic acids is 2. The van der Waals surface area contributed by atoms with Crippen LogP contribution in [-0.4, -0.2) is 67.6 Å². The zero-order chi connectivity index (χ0) is 16.4. The second-order valence-corrected chi connectivity index (χ2v) is 5.79. The number of nitrogens with zero attached hydrogens (tertiary/aromatic N) is 2. The molecule has 0 radical (unpaired) electrons. The Morgan fingerprint density at radius 1 is 1.35 bits per heavy atom. The minimum Gasteiger partial charge on any atom is -0.447 e. The molecule has 7 nitrogen and oxygen atoms in total. The van der Waals surface area contributed by atoms with Crippen molar-refractivity contribution in [1.29, 1.82) is 0 Å². The van der Waals surface area contributed by atoms with Crippen LogP contribution >= 0.6 is 0 Å². The first-order valence-corrected chi connectivity index (χ1v) is 7.61. The zero-order valence-corrected chi connectivity index (χ0v) is 13.0. The van der Waals surface area contributed by atoms with Crippen molar-refractivity contribution in [3.05, 3.63) is 29.8 Å². The van der Waals surface area contributed by atoms with Crippen LogP contribution in [0.4, 0.5) is 10.5 Å². The molecule has 1 aromatic rings. The molecule has 3 rings (SSSR count). The van der Waals surface area contributed by atoms with Crippen LogP contribution in [0.15, 0.2) is 24.3 Å². The van der Waals surface area contributed by atoms with E-state index in [1.165, 1.54) is 0 Å². The lowest BCUT2D eigenvalue weighted by Crippen LogP contribution is -2.44. The normalized spacial score (nSPS) is 23.9. The van der Waals surface area contributed by atoms with Crippen LogP contribution in [0, 0.1) is 0 Å². The highest BCUT2D eigenvalue weighted by atomic mass is 16.6. The summed E-state index contributed by atoms with van der Waals surface area (Å²) in [6, 6.07) is 6.98. The topological polar surface area (TPSA) is 79.3 Å². The van der Waals surface area contributed by atoms with Gasteiger partial charge in [-0.2, -0.15) is 0 Å². The molecule has 2 amide bonds. The fourth-order valence-electron chi connectivity index (χ4n) is 2.81. The molecule has 0 aromatic heterocycles. The maximum absolute atomic E-state index is 12.3. The molecule has 0 saturated carbocycles. The van der Waals surface area contributed by atoms with E-state index in [1.807, 2.05) is 24.3 Å². The van der Waals surface area contributed by atoms with Gasteiger partial charge in [0.05, 0.1) is 38.3 Å². The molecular weight excluding hydrogens is 300 g/mol. The number of rotatable bonds is 4. The number of carbonyl (C=O) groups is 2. The standard InChI is InChI=1S/C16H20N2O5/c1-17(13-9-22-10-14(13)19)15(20)8-11-2-4-12(5-3-11)18-6-7-23-16(18)21/h2-5,13-14,19H,6-10H2,1H3/t13-,14-/m1/s1. The maximum Gasteiger partial charge on any atom is 0.414 e. The van der Waals surface area contributed by atoms with Gasteiger partial charge in [0, 0.05) is 12.7 Å². The zero-order valence-electron chi connectivity index (χ0n) is 13.0. The summed E-state index contributed by atoms with van der Waals surface area (Å²) in [4.78, 5) is 26.9. The summed E-state index contributed by atoms with van der Waals surface area (Å²) < 4.78 is 10.1. The molecule has 0 bridgehead atoms. The number of benzene rings is 1. The first-order valence-electron chi connectivity index (χ1n) is 7.61. The molecule has 0 unspecified atom stereocenters. The number of aliphatic hydroxyl groups excluding tert-OH is 1. The van der Waals surface area contributed by atoms with Gasteiger partial charge in [0.2, 0.25) is 5.91 Å². The number of hydrogen-bond acceptors (Lipinski definition) is 5. The quantitative estimate of drug-likeness (QED) is 0.869. The van der Waals surface area contributed by atoms with E-state index in [4.69, 9.17) is 9.47 Å². The van der Waals surface area contributed by atoms with Crippen molar-refractivity contribution in [3.8, 4) is 0 Å². The van der Waals surface area contributed by atoms with Gasteiger partial charge in [0.1, 0.15) is 6.61 Å². The Morgan fingerprint density at radius 2 is 2.09 bits per heavy atom. The molecule has 2 fully saturated rings. The molecule has 0 spiro atoms. The van der Waals surface area contributed by atoms with Crippen molar-refractivity contribution in [2.45, 2.75) is 18.6 Å². The smallest absolute Gasteiger partial charge is 0.414 e. The molecule has 124 valence electrons. The largest absolute Gasteiger partial charge is 0.447 e. The number of hydrogen-bond donors (Lipinski definition) is 1. The van der Waals surface area contributed by atoms with Crippen LogP contribution in [0.5, 0.6) is 0 Å². The van der Waals surface area contributed by atoms with Crippen molar-refractivity contribution in [2.24, 2.45) is 0 Å². The molecule has 2 aliphatic heterocycles. The van der Waals surface area contributed by atoms with Gasteiger partial charge in [-0.1, -0.05) is 12.1 Å². The van der Waals surface area contributed by atoms with Crippen LogP contribution in [0.2, 0.25) is 0 Å². The van der Waals surface area contributed by atoms with Gasteiger partial charge in [-0.3, -0.25) is 9.69 Å². The second kappa shape index (κ2) is 6.55. The van der Waals surface area contributed by atoms with Gasteiger partial charge >= 0.3 is 6.09 Å². The number of ether oxygens (including phenoxy) is 2. The number of likely N-dealkylation sites (N-methyl/N-ethyl adjacent to an activating group) is 1. The molecule has 2 heterocycles. The Bertz CT molecular complexity index is 589. The fraction of sp³-hybridized carbons (Fsp3) is 0.500. The van der Waals surface area contributed by atoms with E-state index >= 15 is 0 Å². The predicted octanol–water partition coefficient (Wildman–Crippen LogP) is 0.404. The fourth-order valence-corrected chi connectivity index (χ4v) is 2.81. The van der Waals surface area contributed by atoms with Gasteiger partial charge < -0.3 is 19.5 Å². The average molecular weight is 320 g/mol. The molecule has 23 heavy (non-hydrogen) atoms. The molecular formula is C16H20N2O5. The Labute approximate surface area is 134 Å². The number of aliphatic hydroxyl groups is 1. The first-order chi connectivity index (χ1) is 11.1. The van der Waals surface area contributed by atoms with Crippen molar-refractivity contribution in [1.82, 2.24) is 4.90 Å². The summed E-state index contributed by atoms with van der Waals surface area (Å²) in [6.45, 7) is 1.57. The SMILES string of the molecule is CN(C(=O)Cc1ccc(N2CCOC2=O)cc1)[C@@H]1COC[C@H]1O. The Hall–Kier alpha value is -2.12. The Morgan fingerprint density at radius 3 is 2.65 bits per heavy atom. The van der Waals surface area contributed by atoms with Crippen LogP contribution in [0.1, 0.15) is 5.56 Å². The maximum atomic E-state index is 12.3. The van der Waals surface area contributed by atoms with Crippen molar-refractivity contribution < 1.29 is 24.2 Å². The third kappa shape index (κ3) is 3.30. The van der Waals surface area contributed by atoms with Gasteiger partial charge in [-0.05, 0) is 17.7 Å². The first kappa shape index (κ1) is 15.8. The van der Waals surface area contributed by atoms with E-state index < -0.39 is 6.10 Å². The minimum atomic E-state index is -0.632. The molecule has 2 aliphatic rings. The second-order valence-electron chi connectivity index (χ2n) is 5.79. The van der Waals surface area contributed by atoms with E-state index in [2.05, 4.69) is 0 Å².